The molecule has 3 amide bonds. The Bertz CT molecular complexity index is 804. The van der Waals surface area contributed by atoms with Crippen LogP contribution in [-0.4, -0.2) is 35.7 Å². The monoisotopic (exact) mass is 367 g/mol. The highest BCUT2D eigenvalue weighted by Gasteiger charge is 2.42. The van der Waals surface area contributed by atoms with E-state index in [0.717, 1.165) is 25.9 Å². The topological polar surface area (TPSA) is 69.7 Å². The van der Waals surface area contributed by atoms with Crippen LogP contribution in [-0.2, 0) is 9.59 Å². The average Bonchev–Trinajstić information content (AvgIpc) is 2.70. The molecule has 1 N–H and O–H groups in total. The summed E-state index contributed by atoms with van der Waals surface area (Å²) >= 11 is 0. The Kier molecular flexibility index (Phi) is 4.72. The lowest BCUT2D eigenvalue weighted by Crippen LogP contribution is -2.59. The number of allylic oxidation sites excluding steroid dienone is 2. The number of nitrogens with zero attached hydrogens (tertiary/aromatic N) is 2. The quantitative estimate of drug-likeness (QED) is 0.817. The summed E-state index contributed by atoms with van der Waals surface area (Å²) < 4.78 is 0. The molecule has 2 aliphatic heterocycles. The molecule has 1 aliphatic carbocycles. The summed E-state index contributed by atoms with van der Waals surface area (Å²) in [5, 5.41) is 1.32. The number of benzene rings is 1. The van der Waals surface area contributed by atoms with Crippen molar-refractivity contribution in [2.45, 2.75) is 32.6 Å². The van der Waals surface area contributed by atoms with Crippen molar-refractivity contribution < 1.29 is 14.4 Å². The zero-order chi connectivity index (χ0) is 19.0. The van der Waals surface area contributed by atoms with Crippen molar-refractivity contribution >= 4 is 23.4 Å². The van der Waals surface area contributed by atoms with E-state index in [1.807, 2.05) is 17.1 Å². The molecule has 0 aromatic heterocycles. The van der Waals surface area contributed by atoms with E-state index in [4.69, 9.17) is 0 Å². The van der Waals surface area contributed by atoms with Crippen LogP contribution in [0.25, 0.3) is 0 Å². The van der Waals surface area contributed by atoms with Crippen LogP contribution in [0.5, 0.6) is 0 Å². The van der Waals surface area contributed by atoms with Gasteiger partial charge in [-0.25, -0.2) is 5.01 Å². The summed E-state index contributed by atoms with van der Waals surface area (Å²) in [6.45, 7) is 3.69. The van der Waals surface area contributed by atoms with Crippen LogP contribution in [0.3, 0.4) is 0 Å². The molecule has 2 fully saturated rings. The molecule has 2 heterocycles. The van der Waals surface area contributed by atoms with Gasteiger partial charge in [-0.15, -0.1) is 0 Å². The number of amides is 3. The molecule has 0 spiro atoms. The number of hydrazine groups is 1. The smallest absolute Gasteiger partial charge is 0.253 e. The van der Waals surface area contributed by atoms with E-state index >= 15 is 0 Å². The summed E-state index contributed by atoms with van der Waals surface area (Å²) in [5.41, 5.74) is 3.81. The van der Waals surface area contributed by atoms with Crippen LogP contribution < -0.4 is 10.4 Å². The van der Waals surface area contributed by atoms with Crippen LogP contribution in [0.15, 0.2) is 36.4 Å². The second-order valence-electron chi connectivity index (χ2n) is 7.85. The zero-order valence-electron chi connectivity index (χ0n) is 15.6. The Balaban J connectivity index is 1.57. The summed E-state index contributed by atoms with van der Waals surface area (Å²) in [5.74, 6) is -0.377. The Morgan fingerprint density at radius 2 is 1.93 bits per heavy atom. The highest BCUT2D eigenvalue weighted by Crippen LogP contribution is 2.32. The first-order valence-electron chi connectivity index (χ1n) is 9.73. The molecule has 0 bridgehead atoms. The van der Waals surface area contributed by atoms with Crippen LogP contribution in [0.1, 0.15) is 43.0 Å². The van der Waals surface area contributed by atoms with Crippen molar-refractivity contribution in [3.8, 4) is 0 Å². The minimum Gasteiger partial charge on any atom is -0.338 e. The number of anilines is 1. The maximum atomic E-state index is 12.9. The van der Waals surface area contributed by atoms with E-state index in [1.54, 1.807) is 24.3 Å². The second kappa shape index (κ2) is 7.18. The number of carbonyl (C=O) groups is 3. The first kappa shape index (κ1) is 17.8. The van der Waals surface area contributed by atoms with Gasteiger partial charge in [-0.3, -0.25) is 19.8 Å². The maximum Gasteiger partial charge on any atom is 0.253 e. The van der Waals surface area contributed by atoms with Gasteiger partial charge in [-0.1, -0.05) is 25.1 Å². The van der Waals surface area contributed by atoms with Gasteiger partial charge in [0.1, 0.15) is 0 Å². The molecule has 4 rings (SSSR count). The third kappa shape index (κ3) is 3.36. The summed E-state index contributed by atoms with van der Waals surface area (Å²) in [7, 11) is 0. The summed E-state index contributed by atoms with van der Waals surface area (Å²) in [4.78, 5) is 40.1. The lowest BCUT2D eigenvalue weighted by atomic mass is 9.80. The third-order valence-electron chi connectivity index (χ3n) is 5.82. The molecule has 6 nitrogen and oxygen atoms in total. The average molecular weight is 367 g/mol. The Hall–Kier alpha value is -2.63. The first-order chi connectivity index (χ1) is 13.0. The Morgan fingerprint density at radius 1 is 1.15 bits per heavy atom. The molecule has 3 aliphatic rings. The summed E-state index contributed by atoms with van der Waals surface area (Å²) in [6, 6.07) is 7.00. The molecule has 1 aromatic rings. The van der Waals surface area contributed by atoms with E-state index in [2.05, 4.69) is 12.3 Å². The molecule has 0 radical (unpaired) electrons. The number of hydrogen-bond donors (Lipinski definition) is 1. The minimum atomic E-state index is -0.328. The van der Waals surface area contributed by atoms with Crippen molar-refractivity contribution in [1.82, 2.24) is 10.3 Å². The number of hydrogen-bond acceptors (Lipinski definition) is 3. The van der Waals surface area contributed by atoms with Crippen LogP contribution in [0.4, 0.5) is 5.69 Å². The van der Waals surface area contributed by atoms with Crippen LogP contribution >= 0.6 is 0 Å². The van der Waals surface area contributed by atoms with Gasteiger partial charge in [0.25, 0.3) is 5.91 Å². The Labute approximate surface area is 159 Å². The van der Waals surface area contributed by atoms with E-state index < -0.39 is 0 Å². The van der Waals surface area contributed by atoms with Crippen molar-refractivity contribution in [2.24, 2.45) is 17.8 Å². The standard InChI is InChI=1S/C21H25N3O3/c1-14-6-5-11-23(13-14)20(26)15-7-4-8-16(12-15)24-21(27)18-10-3-2-9-17(18)19(25)22-24/h2-4,7-8,12,14,17-18H,5-6,9-11,13H2,1H3,(H,22,25)/t14-,17+,18-/m1/s1. The van der Waals surface area contributed by atoms with Crippen molar-refractivity contribution in [3.05, 3.63) is 42.0 Å². The van der Waals surface area contributed by atoms with Crippen molar-refractivity contribution in [1.29, 1.82) is 0 Å². The normalized spacial score (nSPS) is 28.0. The Morgan fingerprint density at radius 3 is 2.70 bits per heavy atom. The molecule has 0 unspecified atom stereocenters. The largest absolute Gasteiger partial charge is 0.338 e. The number of piperidine rings is 1. The number of nitrogens with one attached hydrogen (secondary N) is 1. The van der Waals surface area contributed by atoms with E-state index in [1.165, 1.54) is 5.01 Å². The molecule has 142 valence electrons. The second-order valence-corrected chi connectivity index (χ2v) is 7.85. The number of likely N-dealkylation sites (tertiary alicyclic amines) is 1. The van der Waals surface area contributed by atoms with Gasteiger partial charge in [-0.2, -0.15) is 0 Å². The van der Waals surface area contributed by atoms with Crippen LogP contribution in [0.2, 0.25) is 0 Å². The van der Waals surface area contributed by atoms with Gasteiger partial charge < -0.3 is 4.90 Å². The fraction of sp³-hybridized carbons (Fsp3) is 0.476. The first-order valence-corrected chi connectivity index (χ1v) is 9.73. The molecule has 6 heteroatoms. The molecule has 27 heavy (non-hydrogen) atoms. The minimum absolute atomic E-state index is 0.0161. The van der Waals surface area contributed by atoms with Gasteiger partial charge in [0, 0.05) is 18.7 Å². The van der Waals surface area contributed by atoms with Gasteiger partial charge in [0.2, 0.25) is 11.8 Å². The zero-order valence-corrected chi connectivity index (χ0v) is 15.6. The number of carbonyl (C=O) groups excluding carboxylic acids is 3. The molecule has 0 saturated carbocycles. The number of rotatable bonds is 2. The van der Waals surface area contributed by atoms with Gasteiger partial charge in [0.15, 0.2) is 0 Å². The molecule has 2 saturated heterocycles. The van der Waals surface area contributed by atoms with E-state index in [9.17, 15) is 14.4 Å². The molecule has 3 atom stereocenters. The highest BCUT2D eigenvalue weighted by atomic mass is 16.2. The fourth-order valence-corrected chi connectivity index (χ4v) is 4.32. The lowest BCUT2D eigenvalue weighted by molar-refractivity contribution is -0.139. The van der Waals surface area contributed by atoms with E-state index in [0.29, 0.717) is 30.0 Å². The van der Waals surface area contributed by atoms with Crippen LogP contribution in [0, 0.1) is 17.8 Å². The van der Waals surface area contributed by atoms with Gasteiger partial charge in [0.05, 0.1) is 17.5 Å². The fourth-order valence-electron chi connectivity index (χ4n) is 4.32. The predicted molar refractivity (Wildman–Crippen MR) is 102 cm³/mol. The lowest BCUT2D eigenvalue weighted by Gasteiger charge is -2.38. The van der Waals surface area contributed by atoms with Crippen molar-refractivity contribution in [2.75, 3.05) is 18.1 Å². The molecular weight excluding hydrogens is 342 g/mol. The third-order valence-corrected chi connectivity index (χ3v) is 5.82. The maximum absolute atomic E-state index is 12.9. The SMILES string of the molecule is C[C@@H]1CCCN(C(=O)c2cccc(N3NC(=O)[C@H]4CC=CC[C@H]4C3=O)c2)C1. The van der Waals surface area contributed by atoms with Gasteiger partial charge >= 0.3 is 0 Å². The molecular formula is C21H25N3O3. The number of fused-ring (bicyclic) bond motifs is 1. The highest BCUT2D eigenvalue weighted by molar-refractivity contribution is 6.05. The summed E-state index contributed by atoms with van der Waals surface area (Å²) in [6.07, 6.45) is 7.27. The van der Waals surface area contributed by atoms with Gasteiger partial charge in [-0.05, 0) is 49.8 Å². The van der Waals surface area contributed by atoms with E-state index in [-0.39, 0.29) is 29.6 Å². The molecule has 1 aromatic carbocycles. The predicted octanol–water partition coefficient (Wildman–Crippen LogP) is 2.52. The van der Waals surface area contributed by atoms with Crippen molar-refractivity contribution in [3.63, 3.8) is 0 Å².